The molecule has 0 atom stereocenters. The van der Waals surface area contributed by atoms with Gasteiger partial charge in [0.15, 0.2) is 0 Å². The van der Waals surface area contributed by atoms with Gasteiger partial charge >= 0.3 is 0 Å². The van der Waals surface area contributed by atoms with Gasteiger partial charge in [-0.05, 0) is 41.3 Å². The molecular weight excluding hydrogens is 346 g/mol. The Morgan fingerprint density at radius 2 is 1.46 bits per heavy atom. The quantitative estimate of drug-likeness (QED) is 0.563. The first kappa shape index (κ1) is 19.4. The summed E-state index contributed by atoms with van der Waals surface area (Å²) in [5, 5.41) is 3.00. The molecule has 0 radical (unpaired) electrons. The molecule has 0 spiro atoms. The van der Waals surface area contributed by atoms with E-state index in [2.05, 4.69) is 53.8 Å². The van der Waals surface area contributed by atoms with Crippen LogP contribution in [0.2, 0.25) is 0 Å². The molecule has 3 aromatic carbocycles. The van der Waals surface area contributed by atoms with Gasteiger partial charge in [0, 0.05) is 18.5 Å². The number of amides is 1. The highest BCUT2D eigenvalue weighted by molar-refractivity contribution is 5.91. The number of rotatable bonds is 8. The van der Waals surface area contributed by atoms with Gasteiger partial charge in [0.2, 0.25) is 5.91 Å². The van der Waals surface area contributed by atoms with Gasteiger partial charge in [-0.25, -0.2) is 0 Å². The first-order chi connectivity index (χ1) is 13.8. The standard InChI is InChI=1S/C25H25NO2/c1-28-23-15-12-20(13-16-23)14-17-25(27)26-19-18-24(21-8-4-2-5-9-21)22-10-6-3-7-11-22/h2-17,24H,18-19H2,1H3,(H,26,27). The van der Waals surface area contributed by atoms with Crippen molar-refractivity contribution in [3.05, 3.63) is 108 Å². The second-order valence-electron chi connectivity index (χ2n) is 6.56. The van der Waals surface area contributed by atoms with Crippen LogP contribution in [0.15, 0.2) is 91.0 Å². The van der Waals surface area contributed by atoms with Crippen molar-refractivity contribution in [3.63, 3.8) is 0 Å². The van der Waals surface area contributed by atoms with E-state index in [0.29, 0.717) is 6.54 Å². The molecule has 0 aliphatic rings. The third kappa shape index (κ3) is 5.58. The average molecular weight is 371 g/mol. The highest BCUT2D eigenvalue weighted by Crippen LogP contribution is 2.27. The van der Waals surface area contributed by atoms with Gasteiger partial charge in [0.05, 0.1) is 7.11 Å². The Bertz CT molecular complexity index is 847. The van der Waals surface area contributed by atoms with Crippen LogP contribution in [0.5, 0.6) is 5.75 Å². The molecule has 0 aliphatic heterocycles. The largest absolute Gasteiger partial charge is 0.497 e. The second kappa shape index (κ2) is 10.1. The SMILES string of the molecule is COc1ccc(C=CC(=O)NCCC(c2ccccc2)c2ccccc2)cc1. The smallest absolute Gasteiger partial charge is 0.243 e. The molecule has 0 aliphatic carbocycles. The summed E-state index contributed by atoms with van der Waals surface area (Å²) in [6.07, 6.45) is 4.22. The predicted molar refractivity (Wildman–Crippen MR) is 114 cm³/mol. The van der Waals surface area contributed by atoms with Crippen molar-refractivity contribution in [2.75, 3.05) is 13.7 Å². The molecule has 0 saturated heterocycles. The van der Waals surface area contributed by atoms with Crippen molar-refractivity contribution in [3.8, 4) is 5.75 Å². The molecule has 3 nitrogen and oxygen atoms in total. The van der Waals surface area contributed by atoms with Crippen LogP contribution in [0, 0.1) is 0 Å². The van der Waals surface area contributed by atoms with Gasteiger partial charge in [-0.15, -0.1) is 0 Å². The number of benzene rings is 3. The van der Waals surface area contributed by atoms with Crippen LogP contribution in [-0.4, -0.2) is 19.6 Å². The number of hydrogen-bond donors (Lipinski definition) is 1. The maximum Gasteiger partial charge on any atom is 0.243 e. The Hall–Kier alpha value is -3.33. The van der Waals surface area contributed by atoms with Crippen LogP contribution < -0.4 is 10.1 Å². The Morgan fingerprint density at radius 1 is 0.893 bits per heavy atom. The molecule has 0 bridgehead atoms. The summed E-state index contributed by atoms with van der Waals surface area (Å²) in [4.78, 5) is 12.2. The van der Waals surface area contributed by atoms with Gasteiger partial charge in [0.1, 0.15) is 5.75 Å². The lowest BCUT2D eigenvalue weighted by atomic mass is 9.88. The summed E-state index contributed by atoms with van der Waals surface area (Å²) in [7, 11) is 1.64. The molecule has 0 saturated carbocycles. The maximum atomic E-state index is 12.2. The fourth-order valence-electron chi connectivity index (χ4n) is 3.18. The minimum Gasteiger partial charge on any atom is -0.497 e. The number of carbonyl (C=O) groups excluding carboxylic acids is 1. The highest BCUT2D eigenvalue weighted by atomic mass is 16.5. The highest BCUT2D eigenvalue weighted by Gasteiger charge is 2.13. The molecule has 3 rings (SSSR count). The first-order valence-corrected chi connectivity index (χ1v) is 9.46. The van der Waals surface area contributed by atoms with Crippen LogP contribution in [0.4, 0.5) is 0 Å². The first-order valence-electron chi connectivity index (χ1n) is 9.46. The van der Waals surface area contributed by atoms with Crippen molar-refractivity contribution < 1.29 is 9.53 Å². The van der Waals surface area contributed by atoms with Crippen LogP contribution in [0.25, 0.3) is 6.08 Å². The molecular formula is C25H25NO2. The van der Waals surface area contributed by atoms with Crippen molar-refractivity contribution in [2.24, 2.45) is 0 Å². The molecule has 28 heavy (non-hydrogen) atoms. The molecule has 0 unspecified atom stereocenters. The third-order valence-electron chi connectivity index (χ3n) is 4.68. The summed E-state index contributed by atoms with van der Waals surface area (Å²) in [6, 6.07) is 28.4. The normalized spacial score (nSPS) is 10.9. The molecule has 1 N–H and O–H groups in total. The van der Waals surface area contributed by atoms with E-state index >= 15 is 0 Å². The lowest BCUT2D eigenvalue weighted by molar-refractivity contribution is -0.116. The van der Waals surface area contributed by atoms with Crippen molar-refractivity contribution in [1.29, 1.82) is 0 Å². The second-order valence-corrected chi connectivity index (χ2v) is 6.56. The molecule has 0 fully saturated rings. The lowest BCUT2D eigenvalue weighted by Gasteiger charge is -2.18. The molecule has 0 heterocycles. The van der Waals surface area contributed by atoms with Crippen molar-refractivity contribution in [2.45, 2.75) is 12.3 Å². The summed E-state index contributed by atoms with van der Waals surface area (Å²) < 4.78 is 5.14. The van der Waals surface area contributed by atoms with E-state index in [-0.39, 0.29) is 11.8 Å². The van der Waals surface area contributed by atoms with E-state index < -0.39 is 0 Å². The van der Waals surface area contributed by atoms with Gasteiger partial charge in [-0.1, -0.05) is 72.8 Å². The number of ether oxygens (including phenoxy) is 1. The van der Waals surface area contributed by atoms with E-state index in [9.17, 15) is 4.79 Å². The van der Waals surface area contributed by atoms with Crippen LogP contribution >= 0.6 is 0 Å². The third-order valence-corrected chi connectivity index (χ3v) is 4.68. The van der Waals surface area contributed by atoms with E-state index in [1.54, 1.807) is 19.3 Å². The maximum absolute atomic E-state index is 12.2. The molecule has 3 aromatic rings. The minimum absolute atomic E-state index is 0.0873. The zero-order chi connectivity index (χ0) is 19.6. The van der Waals surface area contributed by atoms with Gasteiger partial charge in [0.25, 0.3) is 0 Å². The van der Waals surface area contributed by atoms with Gasteiger partial charge in [-0.2, -0.15) is 0 Å². The Labute approximate surface area is 166 Å². The summed E-state index contributed by atoms with van der Waals surface area (Å²) in [5.74, 6) is 0.971. The molecule has 1 amide bonds. The number of methoxy groups -OCH3 is 1. The Morgan fingerprint density at radius 3 is 2.00 bits per heavy atom. The van der Waals surface area contributed by atoms with E-state index in [0.717, 1.165) is 17.7 Å². The number of nitrogens with one attached hydrogen (secondary N) is 1. The zero-order valence-corrected chi connectivity index (χ0v) is 16.0. The zero-order valence-electron chi connectivity index (χ0n) is 16.0. The minimum atomic E-state index is -0.0873. The lowest BCUT2D eigenvalue weighted by Crippen LogP contribution is -2.23. The average Bonchev–Trinajstić information content (AvgIpc) is 2.77. The van der Waals surface area contributed by atoms with Gasteiger partial charge < -0.3 is 10.1 Å². The molecule has 142 valence electrons. The van der Waals surface area contributed by atoms with Crippen LogP contribution in [0.3, 0.4) is 0 Å². The Kier molecular flexibility index (Phi) is 7.02. The predicted octanol–water partition coefficient (Wildman–Crippen LogP) is 5.05. The van der Waals surface area contributed by atoms with Crippen molar-refractivity contribution >= 4 is 12.0 Å². The monoisotopic (exact) mass is 371 g/mol. The number of carbonyl (C=O) groups is 1. The fraction of sp³-hybridized carbons (Fsp3) is 0.160. The van der Waals surface area contributed by atoms with Crippen molar-refractivity contribution in [1.82, 2.24) is 5.32 Å². The summed E-state index contributed by atoms with van der Waals surface area (Å²) in [5.41, 5.74) is 3.48. The van der Waals surface area contributed by atoms with Gasteiger partial charge in [-0.3, -0.25) is 4.79 Å². The Balaban J connectivity index is 1.57. The van der Waals surface area contributed by atoms with E-state index in [1.807, 2.05) is 36.4 Å². The van der Waals surface area contributed by atoms with Crippen LogP contribution in [0.1, 0.15) is 29.0 Å². The molecule has 0 aromatic heterocycles. The fourth-order valence-corrected chi connectivity index (χ4v) is 3.18. The van der Waals surface area contributed by atoms with Crippen LogP contribution in [-0.2, 0) is 4.79 Å². The summed E-state index contributed by atoms with van der Waals surface area (Å²) >= 11 is 0. The topological polar surface area (TPSA) is 38.3 Å². The number of hydrogen-bond acceptors (Lipinski definition) is 2. The van der Waals surface area contributed by atoms with E-state index in [4.69, 9.17) is 4.74 Å². The summed E-state index contributed by atoms with van der Waals surface area (Å²) in [6.45, 7) is 0.611. The molecule has 3 heteroatoms. The van der Waals surface area contributed by atoms with E-state index in [1.165, 1.54) is 11.1 Å².